The first-order valence-electron chi connectivity index (χ1n) is 7.99. The number of hydrogen-bond acceptors (Lipinski definition) is 2. The van der Waals surface area contributed by atoms with Crippen molar-refractivity contribution in [1.82, 2.24) is 10.2 Å². The Kier molecular flexibility index (Phi) is 6.19. The fourth-order valence-corrected chi connectivity index (χ4v) is 2.33. The van der Waals surface area contributed by atoms with Gasteiger partial charge in [-0.1, -0.05) is 25.5 Å². The molecule has 0 spiro atoms. The summed E-state index contributed by atoms with van der Waals surface area (Å²) in [5.74, 6) is 0.0315. The first-order valence-corrected chi connectivity index (χ1v) is 8.39. The Balaban J connectivity index is 1.78. The van der Waals surface area contributed by atoms with E-state index in [0.717, 1.165) is 24.9 Å². The molecule has 0 unspecified atom stereocenters. The van der Waals surface area contributed by atoms with Crippen LogP contribution in [0.1, 0.15) is 38.2 Å². The van der Waals surface area contributed by atoms with E-state index in [9.17, 15) is 4.79 Å². The van der Waals surface area contributed by atoms with Crippen LogP contribution in [-0.2, 0) is 11.2 Å². The highest BCUT2D eigenvalue weighted by Gasteiger charge is 2.23. The molecule has 22 heavy (non-hydrogen) atoms. The largest absolute Gasteiger partial charge is 0.352 e. The number of benzene rings is 1. The van der Waals surface area contributed by atoms with Gasteiger partial charge in [0.15, 0.2) is 5.11 Å². The minimum Gasteiger partial charge on any atom is -0.352 e. The number of anilines is 1. The van der Waals surface area contributed by atoms with Gasteiger partial charge in [-0.2, -0.15) is 0 Å². The molecule has 2 N–H and O–H groups in total. The van der Waals surface area contributed by atoms with Gasteiger partial charge in [-0.15, -0.1) is 0 Å². The maximum absolute atomic E-state index is 11.8. The van der Waals surface area contributed by atoms with Crippen LogP contribution in [0.5, 0.6) is 0 Å². The monoisotopic (exact) mass is 319 g/mol. The standard InChI is InChI=1S/C17H25N3OS/c1-3-4-5-13-6-8-15(9-7-13)19-17(22)20(2)12-16(21)18-14-10-11-14/h6-9,14H,3-5,10-12H2,1-2H3,(H,18,21)(H,19,22). The van der Waals surface area contributed by atoms with E-state index >= 15 is 0 Å². The van der Waals surface area contributed by atoms with Gasteiger partial charge in [0.25, 0.3) is 0 Å². The van der Waals surface area contributed by atoms with Crippen LogP contribution in [0.2, 0.25) is 0 Å². The molecule has 1 fully saturated rings. The number of carbonyl (C=O) groups is 1. The molecule has 4 nitrogen and oxygen atoms in total. The first kappa shape index (κ1) is 16.7. The Morgan fingerprint density at radius 2 is 2.00 bits per heavy atom. The van der Waals surface area contributed by atoms with Gasteiger partial charge in [0.1, 0.15) is 0 Å². The Hall–Kier alpha value is -1.62. The van der Waals surface area contributed by atoms with E-state index in [1.807, 2.05) is 19.2 Å². The van der Waals surface area contributed by atoms with Crippen molar-refractivity contribution >= 4 is 28.9 Å². The molecule has 0 radical (unpaired) electrons. The predicted molar refractivity (Wildman–Crippen MR) is 95.1 cm³/mol. The number of aryl methyl sites for hydroxylation is 1. The van der Waals surface area contributed by atoms with Crippen LogP contribution >= 0.6 is 12.2 Å². The third-order valence-electron chi connectivity index (χ3n) is 3.69. The third kappa shape index (κ3) is 5.64. The summed E-state index contributed by atoms with van der Waals surface area (Å²) in [5, 5.41) is 6.70. The summed E-state index contributed by atoms with van der Waals surface area (Å²) in [6.45, 7) is 2.49. The molecule has 120 valence electrons. The van der Waals surface area contributed by atoms with E-state index in [1.54, 1.807) is 4.90 Å². The average Bonchev–Trinajstić information content (AvgIpc) is 3.30. The Bertz CT molecular complexity index is 511. The summed E-state index contributed by atoms with van der Waals surface area (Å²) in [7, 11) is 1.83. The number of amides is 1. The van der Waals surface area contributed by atoms with E-state index < -0.39 is 0 Å². The summed E-state index contributed by atoms with van der Waals surface area (Å²) in [6.07, 6.45) is 5.73. The maximum Gasteiger partial charge on any atom is 0.239 e. The molecule has 1 amide bonds. The predicted octanol–water partition coefficient (Wildman–Crippen LogP) is 2.94. The van der Waals surface area contributed by atoms with Crippen molar-refractivity contribution in [3.63, 3.8) is 0 Å². The van der Waals surface area contributed by atoms with Gasteiger partial charge >= 0.3 is 0 Å². The van der Waals surface area contributed by atoms with Gasteiger partial charge in [-0.05, 0) is 55.6 Å². The number of likely N-dealkylation sites (N-methyl/N-ethyl adjacent to an activating group) is 1. The molecule has 0 aromatic heterocycles. The van der Waals surface area contributed by atoms with Crippen molar-refractivity contribution < 1.29 is 4.79 Å². The van der Waals surface area contributed by atoms with Crippen LogP contribution in [0, 0.1) is 0 Å². The smallest absolute Gasteiger partial charge is 0.239 e. The van der Waals surface area contributed by atoms with Crippen molar-refractivity contribution in [2.75, 3.05) is 18.9 Å². The maximum atomic E-state index is 11.8. The number of nitrogens with one attached hydrogen (secondary N) is 2. The van der Waals surface area contributed by atoms with E-state index in [0.29, 0.717) is 11.2 Å². The summed E-state index contributed by atoms with van der Waals surface area (Å²) >= 11 is 5.34. The van der Waals surface area contributed by atoms with Crippen molar-refractivity contribution in [2.45, 2.75) is 45.1 Å². The highest BCUT2D eigenvalue weighted by molar-refractivity contribution is 7.80. The second-order valence-electron chi connectivity index (χ2n) is 5.93. The number of rotatable bonds is 7. The molecule has 0 saturated heterocycles. The molecule has 1 aliphatic rings. The zero-order valence-corrected chi connectivity index (χ0v) is 14.2. The van der Waals surface area contributed by atoms with E-state index in [2.05, 4.69) is 29.7 Å². The second kappa shape index (κ2) is 8.13. The number of hydrogen-bond donors (Lipinski definition) is 2. The van der Waals surface area contributed by atoms with Crippen molar-refractivity contribution in [3.8, 4) is 0 Å². The first-order chi connectivity index (χ1) is 10.6. The zero-order valence-electron chi connectivity index (χ0n) is 13.4. The normalized spacial score (nSPS) is 13.5. The van der Waals surface area contributed by atoms with Crippen LogP contribution in [0.3, 0.4) is 0 Å². The van der Waals surface area contributed by atoms with Gasteiger partial charge in [-0.3, -0.25) is 4.79 Å². The van der Waals surface area contributed by atoms with Gasteiger partial charge < -0.3 is 15.5 Å². The van der Waals surface area contributed by atoms with Gasteiger partial charge in [0.05, 0.1) is 6.54 Å². The highest BCUT2D eigenvalue weighted by Crippen LogP contribution is 2.18. The molecular weight excluding hydrogens is 294 g/mol. The van der Waals surface area contributed by atoms with Crippen LogP contribution < -0.4 is 10.6 Å². The number of carbonyl (C=O) groups excluding carboxylic acids is 1. The lowest BCUT2D eigenvalue weighted by molar-refractivity contribution is -0.121. The summed E-state index contributed by atoms with van der Waals surface area (Å²) in [6, 6.07) is 8.71. The molecule has 1 saturated carbocycles. The van der Waals surface area contributed by atoms with Crippen molar-refractivity contribution in [1.29, 1.82) is 0 Å². The van der Waals surface area contributed by atoms with Crippen LogP contribution in [0.15, 0.2) is 24.3 Å². The molecule has 2 rings (SSSR count). The summed E-state index contributed by atoms with van der Waals surface area (Å²) in [5.41, 5.74) is 2.30. The number of thiocarbonyl (C=S) groups is 1. The second-order valence-corrected chi connectivity index (χ2v) is 6.32. The van der Waals surface area contributed by atoms with Crippen LogP contribution in [0.25, 0.3) is 0 Å². The molecule has 0 heterocycles. The molecule has 5 heteroatoms. The Morgan fingerprint density at radius 3 is 2.59 bits per heavy atom. The van der Waals surface area contributed by atoms with E-state index in [-0.39, 0.29) is 12.5 Å². The quantitative estimate of drug-likeness (QED) is 0.759. The topological polar surface area (TPSA) is 44.4 Å². The summed E-state index contributed by atoms with van der Waals surface area (Å²) in [4.78, 5) is 13.5. The molecule has 1 aromatic carbocycles. The third-order valence-corrected chi connectivity index (χ3v) is 4.11. The fraction of sp³-hybridized carbons (Fsp3) is 0.529. The van der Waals surface area contributed by atoms with Crippen molar-refractivity contribution in [3.05, 3.63) is 29.8 Å². The van der Waals surface area contributed by atoms with Gasteiger partial charge in [-0.25, -0.2) is 0 Å². The minimum atomic E-state index is 0.0315. The molecular formula is C17H25N3OS. The van der Waals surface area contributed by atoms with E-state index in [1.165, 1.54) is 18.4 Å². The molecule has 0 bridgehead atoms. The van der Waals surface area contributed by atoms with Crippen molar-refractivity contribution in [2.24, 2.45) is 0 Å². The lowest BCUT2D eigenvalue weighted by Gasteiger charge is -2.20. The SMILES string of the molecule is CCCCc1ccc(NC(=S)N(C)CC(=O)NC2CC2)cc1. The zero-order chi connectivity index (χ0) is 15.9. The molecule has 1 aromatic rings. The fourth-order valence-electron chi connectivity index (χ4n) is 2.14. The number of nitrogens with zero attached hydrogens (tertiary/aromatic N) is 1. The minimum absolute atomic E-state index is 0.0315. The Morgan fingerprint density at radius 1 is 1.32 bits per heavy atom. The highest BCUT2D eigenvalue weighted by atomic mass is 32.1. The lowest BCUT2D eigenvalue weighted by atomic mass is 10.1. The lowest BCUT2D eigenvalue weighted by Crippen LogP contribution is -2.40. The molecule has 0 aliphatic heterocycles. The van der Waals surface area contributed by atoms with Crippen LogP contribution in [-0.4, -0.2) is 35.6 Å². The van der Waals surface area contributed by atoms with Crippen LogP contribution in [0.4, 0.5) is 5.69 Å². The molecule has 1 aliphatic carbocycles. The summed E-state index contributed by atoms with van der Waals surface area (Å²) < 4.78 is 0. The Labute approximate surface area is 138 Å². The molecule has 0 atom stereocenters. The van der Waals surface area contributed by atoms with Gasteiger partial charge in [0, 0.05) is 18.8 Å². The van der Waals surface area contributed by atoms with Gasteiger partial charge in [0.2, 0.25) is 5.91 Å². The van der Waals surface area contributed by atoms with E-state index in [4.69, 9.17) is 12.2 Å². The average molecular weight is 319 g/mol. The number of unbranched alkanes of at least 4 members (excludes halogenated alkanes) is 1.